The molecule has 4 fully saturated rings. The molecule has 3 N–H and O–H groups in total. The Morgan fingerprint density at radius 3 is 2.13 bits per heavy atom. The quantitative estimate of drug-likeness (QED) is 0.0215. The average Bonchev–Trinajstić information content (AvgIpc) is 3.58. The number of rotatable bonds is 29. The van der Waals surface area contributed by atoms with Gasteiger partial charge < -0.3 is 43.2 Å². The molecule has 0 aromatic heterocycles. The summed E-state index contributed by atoms with van der Waals surface area (Å²) in [6.45, 7) is 8.39. The van der Waals surface area contributed by atoms with Gasteiger partial charge in [0.2, 0.25) is 0 Å². The van der Waals surface area contributed by atoms with E-state index < -0.39 is 50.1 Å². The Balaban J connectivity index is 1.23. The third kappa shape index (κ3) is 16.4. The zero-order valence-electron chi connectivity index (χ0n) is 40.5. The maximum atomic E-state index is 13.4. The third-order valence-electron chi connectivity index (χ3n) is 16.1. The first-order valence-electron chi connectivity index (χ1n) is 25.3. The zero-order valence-corrected chi connectivity index (χ0v) is 41.4. The van der Waals surface area contributed by atoms with Crippen molar-refractivity contribution in [3.05, 3.63) is 12.2 Å². The van der Waals surface area contributed by atoms with Crippen molar-refractivity contribution < 1.29 is 57.4 Å². The van der Waals surface area contributed by atoms with Crippen LogP contribution >= 0.6 is 7.82 Å². The van der Waals surface area contributed by atoms with Gasteiger partial charge in [0, 0.05) is 12.8 Å². The molecular formula is C50H90NO11P. The molecule has 0 bridgehead atoms. The van der Waals surface area contributed by atoms with E-state index in [1.54, 1.807) is 0 Å². The fourth-order valence-corrected chi connectivity index (χ4v) is 13.0. The van der Waals surface area contributed by atoms with Crippen molar-refractivity contribution in [1.29, 1.82) is 0 Å². The molecule has 4 aliphatic carbocycles. The van der Waals surface area contributed by atoms with Crippen LogP contribution in [0.3, 0.4) is 0 Å². The summed E-state index contributed by atoms with van der Waals surface area (Å²) in [5, 5.41) is 34.1. The summed E-state index contributed by atoms with van der Waals surface area (Å²) in [7, 11) is 1.03. The molecule has 0 aromatic rings. The fraction of sp³-hybridized carbons (Fsp3) is 0.920. The van der Waals surface area contributed by atoms with Gasteiger partial charge in [-0.3, -0.25) is 14.2 Å². The number of aliphatic hydroxyl groups is 3. The number of phosphoric acid groups is 1. The van der Waals surface area contributed by atoms with Crippen LogP contribution in [0, 0.1) is 46.3 Å². The second kappa shape index (κ2) is 25.7. The highest BCUT2D eigenvalue weighted by molar-refractivity contribution is 7.45. The van der Waals surface area contributed by atoms with Crippen LogP contribution in [0.5, 0.6) is 0 Å². The van der Waals surface area contributed by atoms with E-state index in [1.807, 2.05) is 21.1 Å². The van der Waals surface area contributed by atoms with Gasteiger partial charge in [-0.1, -0.05) is 91.2 Å². The number of phosphoric ester groups is 1. The van der Waals surface area contributed by atoms with E-state index in [-0.39, 0.29) is 73.1 Å². The van der Waals surface area contributed by atoms with E-state index in [0.29, 0.717) is 36.7 Å². The Hall–Kier alpha value is -1.37. The summed E-state index contributed by atoms with van der Waals surface area (Å²) in [5.74, 6) is -0.0257. The van der Waals surface area contributed by atoms with Crippen LogP contribution in [0.1, 0.15) is 175 Å². The summed E-state index contributed by atoms with van der Waals surface area (Å²) < 4.78 is 34.6. The van der Waals surface area contributed by atoms with Crippen molar-refractivity contribution >= 4 is 19.8 Å². The van der Waals surface area contributed by atoms with Gasteiger partial charge in [-0.15, -0.1) is 0 Å². The Morgan fingerprint density at radius 1 is 0.810 bits per heavy atom. The Bertz CT molecular complexity index is 1460. The van der Waals surface area contributed by atoms with Crippen LogP contribution in [-0.4, -0.2) is 104 Å². The van der Waals surface area contributed by atoms with Crippen molar-refractivity contribution in [3.63, 3.8) is 0 Å². The third-order valence-corrected chi connectivity index (χ3v) is 17.1. The van der Waals surface area contributed by atoms with Gasteiger partial charge in [-0.05, 0) is 130 Å². The van der Waals surface area contributed by atoms with E-state index in [9.17, 15) is 34.4 Å². The monoisotopic (exact) mass is 912 g/mol. The first kappa shape index (κ1) is 54.2. The number of carbonyl (C=O) groups excluding carboxylic acids is 2. The summed E-state index contributed by atoms with van der Waals surface area (Å²) >= 11 is 0. The first-order valence-corrected chi connectivity index (χ1v) is 26.7. The second-order valence-corrected chi connectivity index (χ2v) is 23.2. The SMILES string of the molecule is CCCCCCCC/C=C\CCCCCCCC(=O)OC[C@H](COP(=O)([O-])OCC[N+](C)(C)C)OC(=O)CC[C@@H](C)[C@H]1CC[C@H]2[C@@H]3[C@H](O)C[C@@H]4C[C@H](O)CC[C@]4(C)[C@H]3C[C@H](O)[C@]12C. The molecule has 0 spiro atoms. The van der Waals surface area contributed by atoms with Crippen LogP contribution in [0.2, 0.25) is 0 Å². The zero-order chi connectivity index (χ0) is 46.3. The summed E-state index contributed by atoms with van der Waals surface area (Å²) in [6, 6.07) is 0. The molecule has 0 radical (unpaired) electrons. The van der Waals surface area contributed by atoms with Crippen LogP contribution in [-0.2, 0) is 32.7 Å². The van der Waals surface area contributed by atoms with Gasteiger partial charge in [-0.25, -0.2) is 0 Å². The van der Waals surface area contributed by atoms with E-state index in [2.05, 4.69) is 39.8 Å². The largest absolute Gasteiger partial charge is 0.756 e. The van der Waals surface area contributed by atoms with E-state index in [0.717, 1.165) is 70.6 Å². The number of hydrogen-bond acceptors (Lipinski definition) is 11. The molecule has 1 unspecified atom stereocenters. The topological polar surface area (TPSA) is 172 Å². The molecular weight excluding hydrogens is 822 g/mol. The molecule has 13 atom stereocenters. The molecule has 4 saturated carbocycles. The average molecular weight is 912 g/mol. The molecule has 0 amide bonds. The second-order valence-electron chi connectivity index (χ2n) is 21.8. The minimum Gasteiger partial charge on any atom is -0.756 e. The standard InChI is InChI=1S/C50H90NO11P/c1-8-9-10-11-12-13-14-15-16-17-18-19-20-21-22-23-46(55)59-35-40(36-61-63(57,58)60-31-30-51(5,6)7)62-47(56)27-24-37(2)41-25-26-42-48-43(34-45(54)50(41,42)4)49(3)29-28-39(52)32-38(49)33-44(48)53/h15-16,37-45,48,52-54H,8-14,17-36H2,1-7H3/b16-15-/t37-,38+,39-,40-,41-,42+,43+,44-,45+,48+,49+,50-/m1/s1. The lowest BCUT2D eigenvalue weighted by atomic mass is 9.43. The number of nitrogens with zero attached hydrogens (tertiary/aromatic N) is 1. The normalized spacial score (nSPS) is 32.6. The van der Waals surface area contributed by atoms with Crippen molar-refractivity contribution in [1.82, 2.24) is 0 Å². The van der Waals surface area contributed by atoms with Gasteiger partial charge in [0.1, 0.15) is 19.8 Å². The number of likely N-dealkylation sites (N-methyl/N-ethyl adjacent to an activating group) is 1. The summed E-state index contributed by atoms with van der Waals surface area (Å²) in [4.78, 5) is 38.8. The van der Waals surface area contributed by atoms with Crippen LogP contribution in [0.15, 0.2) is 12.2 Å². The molecule has 4 rings (SSSR count). The number of hydrogen-bond donors (Lipinski definition) is 3. The smallest absolute Gasteiger partial charge is 0.306 e. The lowest BCUT2D eigenvalue weighted by Gasteiger charge is -2.63. The van der Waals surface area contributed by atoms with E-state index in [4.69, 9.17) is 18.5 Å². The number of fused-ring (bicyclic) bond motifs is 5. The molecule has 4 aliphatic rings. The van der Waals surface area contributed by atoms with E-state index >= 15 is 0 Å². The first-order chi connectivity index (χ1) is 29.8. The summed E-state index contributed by atoms with van der Waals surface area (Å²) in [5.41, 5.74) is -0.409. The number of quaternary nitrogens is 1. The molecule has 13 heteroatoms. The maximum absolute atomic E-state index is 13.4. The number of aliphatic hydroxyl groups excluding tert-OH is 3. The van der Waals surface area contributed by atoms with Gasteiger partial charge in [0.25, 0.3) is 7.82 Å². The highest BCUT2D eigenvalue weighted by Gasteiger charge is 2.65. The minimum absolute atomic E-state index is 0.00489. The minimum atomic E-state index is -4.72. The Kier molecular flexibility index (Phi) is 22.1. The van der Waals surface area contributed by atoms with Gasteiger partial charge in [0.05, 0.1) is 46.1 Å². The highest BCUT2D eigenvalue weighted by atomic mass is 31.2. The predicted molar refractivity (Wildman–Crippen MR) is 245 cm³/mol. The van der Waals surface area contributed by atoms with Gasteiger partial charge in [-0.2, -0.15) is 0 Å². The molecule has 0 heterocycles. The number of carbonyl (C=O) groups is 2. The molecule has 366 valence electrons. The lowest BCUT2D eigenvalue weighted by molar-refractivity contribution is -0.870. The number of unbranched alkanes of at least 4 members (excludes halogenated alkanes) is 11. The van der Waals surface area contributed by atoms with Gasteiger partial charge in [0.15, 0.2) is 6.10 Å². The Labute approximate surface area is 381 Å². The van der Waals surface area contributed by atoms with Crippen LogP contribution in [0.25, 0.3) is 0 Å². The van der Waals surface area contributed by atoms with Crippen LogP contribution in [0.4, 0.5) is 0 Å². The van der Waals surface area contributed by atoms with Crippen LogP contribution < -0.4 is 4.89 Å². The van der Waals surface area contributed by atoms with Crippen molar-refractivity contribution in [3.8, 4) is 0 Å². The lowest BCUT2D eigenvalue weighted by Crippen LogP contribution is -2.62. The molecule has 12 nitrogen and oxygen atoms in total. The van der Waals surface area contributed by atoms with Crippen molar-refractivity contribution in [2.45, 2.75) is 200 Å². The number of esters is 2. The number of allylic oxidation sites excluding steroid dienone is 2. The molecule has 63 heavy (non-hydrogen) atoms. The van der Waals surface area contributed by atoms with Crippen molar-refractivity contribution in [2.75, 3.05) is 47.5 Å². The molecule has 0 aliphatic heterocycles. The van der Waals surface area contributed by atoms with Crippen molar-refractivity contribution in [2.24, 2.45) is 46.3 Å². The van der Waals surface area contributed by atoms with E-state index in [1.165, 1.54) is 38.5 Å². The highest BCUT2D eigenvalue weighted by Crippen LogP contribution is 2.68. The Morgan fingerprint density at radius 2 is 1.46 bits per heavy atom. The summed E-state index contributed by atoms with van der Waals surface area (Å²) in [6.07, 6.45) is 23.5. The molecule has 0 saturated heterocycles. The maximum Gasteiger partial charge on any atom is 0.306 e. The predicted octanol–water partition coefficient (Wildman–Crippen LogP) is 9.06. The molecule has 0 aromatic carbocycles. The number of ether oxygens (including phenoxy) is 2. The van der Waals surface area contributed by atoms with Gasteiger partial charge >= 0.3 is 11.9 Å². The fourth-order valence-electron chi connectivity index (χ4n) is 12.3.